The maximum absolute atomic E-state index is 4.09. The summed E-state index contributed by atoms with van der Waals surface area (Å²) in [5.41, 5.74) is 0. The van der Waals surface area contributed by atoms with Gasteiger partial charge in [0.25, 0.3) is 0 Å². The first-order valence-corrected chi connectivity index (χ1v) is 5.80. The van der Waals surface area contributed by atoms with Crippen LogP contribution in [0.3, 0.4) is 0 Å². The van der Waals surface area contributed by atoms with Gasteiger partial charge in [-0.25, -0.2) is 0 Å². The standard InChI is InChI=1S/C10H21S/c1-4-6-7-9-11-10(3)8-5-2/h10H,3-9H2,1-2H3. The quantitative estimate of drug-likeness (QED) is 0.526. The highest BCUT2D eigenvalue weighted by atomic mass is 32.2. The van der Waals surface area contributed by atoms with Crippen LogP contribution in [0.15, 0.2) is 0 Å². The molecule has 67 valence electrons. The van der Waals surface area contributed by atoms with Crippen molar-refractivity contribution in [2.45, 2.75) is 51.2 Å². The van der Waals surface area contributed by atoms with Crippen LogP contribution in [0.4, 0.5) is 0 Å². The summed E-state index contributed by atoms with van der Waals surface area (Å²) in [6, 6.07) is 0. The Bertz CT molecular complexity index is 71.3. The molecule has 0 saturated heterocycles. The largest absolute Gasteiger partial charge is 0.159 e. The summed E-state index contributed by atoms with van der Waals surface area (Å²) in [4.78, 5) is 0. The summed E-state index contributed by atoms with van der Waals surface area (Å²) >= 11 is 2.03. The van der Waals surface area contributed by atoms with Crippen LogP contribution in [0.5, 0.6) is 0 Å². The lowest BCUT2D eigenvalue weighted by Gasteiger charge is -2.08. The molecule has 0 aromatic rings. The van der Waals surface area contributed by atoms with Crippen LogP contribution in [0.1, 0.15) is 46.0 Å². The third-order valence-corrected chi connectivity index (χ3v) is 2.94. The smallest absolute Gasteiger partial charge is 0.00473 e. The van der Waals surface area contributed by atoms with Crippen molar-refractivity contribution in [2.24, 2.45) is 0 Å². The Morgan fingerprint density at radius 2 is 1.91 bits per heavy atom. The lowest BCUT2D eigenvalue weighted by Crippen LogP contribution is -1.96. The SMILES string of the molecule is [CH2]C(CCC)SCCCCC. The van der Waals surface area contributed by atoms with Crippen molar-refractivity contribution in [3.05, 3.63) is 6.92 Å². The van der Waals surface area contributed by atoms with Gasteiger partial charge in [-0.15, -0.1) is 0 Å². The molecule has 1 heteroatoms. The first-order chi connectivity index (χ1) is 5.31. The van der Waals surface area contributed by atoms with E-state index < -0.39 is 0 Å². The molecule has 0 rings (SSSR count). The van der Waals surface area contributed by atoms with Crippen LogP contribution in [0.2, 0.25) is 0 Å². The molecule has 0 fully saturated rings. The van der Waals surface area contributed by atoms with Crippen molar-refractivity contribution in [1.82, 2.24) is 0 Å². The van der Waals surface area contributed by atoms with E-state index in [9.17, 15) is 0 Å². The fourth-order valence-corrected chi connectivity index (χ4v) is 2.11. The molecule has 0 saturated carbocycles. The third kappa shape index (κ3) is 8.25. The van der Waals surface area contributed by atoms with E-state index in [1.165, 1.54) is 37.9 Å². The predicted octanol–water partition coefficient (Wildman–Crippen LogP) is 3.91. The van der Waals surface area contributed by atoms with Crippen molar-refractivity contribution >= 4 is 11.8 Å². The Hall–Kier alpha value is 0.350. The van der Waals surface area contributed by atoms with E-state index in [1.54, 1.807) is 0 Å². The van der Waals surface area contributed by atoms with Crippen LogP contribution in [-0.2, 0) is 0 Å². The van der Waals surface area contributed by atoms with E-state index in [-0.39, 0.29) is 0 Å². The molecule has 0 aliphatic carbocycles. The van der Waals surface area contributed by atoms with Gasteiger partial charge in [0.05, 0.1) is 0 Å². The Morgan fingerprint density at radius 1 is 1.18 bits per heavy atom. The third-order valence-electron chi connectivity index (χ3n) is 1.71. The van der Waals surface area contributed by atoms with E-state index in [4.69, 9.17) is 0 Å². The average Bonchev–Trinajstić information content (AvgIpc) is 1.99. The van der Waals surface area contributed by atoms with Gasteiger partial charge in [-0.1, -0.05) is 33.1 Å². The second-order valence-corrected chi connectivity index (χ2v) is 4.40. The molecule has 0 heterocycles. The number of unbranched alkanes of at least 4 members (excludes halogenated alkanes) is 2. The van der Waals surface area contributed by atoms with Crippen LogP contribution in [0.25, 0.3) is 0 Å². The fraction of sp³-hybridized carbons (Fsp3) is 0.900. The van der Waals surface area contributed by atoms with Crippen molar-refractivity contribution in [3.8, 4) is 0 Å². The van der Waals surface area contributed by atoms with Crippen LogP contribution < -0.4 is 0 Å². The van der Waals surface area contributed by atoms with Gasteiger partial charge >= 0.3 is 0 Å². The molecule has 0 nitrogen and oxygen atoms in total. The lowest BCUT2D eigenvalue weighted by atomic mass is 10.3. The summed E-state index contributed by atoms with van der Waals surface area (Å²) < 4.78 is 0. The normalized spacial score (nSPS) is 13.4. The van der Waals surface area contributed by atoms with E-state index in [0.29, 0.717) is 5.25 Å². The second-order valence-electron chi connectivity index (χ2n) is 2.99. The molecule has 1 radical (unpaired) electrons. The molecule has 0 bridgehead atoms. The molecule has 0 aliphatic heterocycles. The highest BCUT2D eigenvalue weighted by Gasteiger charge is 1.99. The zero-order chi connectivity index (χ0) is 8.53. The molecule has 0 spiro atoms. The first kappa shape index (κ1) is 11.4. The highest BCUT2D eigenvalue weighted by molar-refractivity contribution is 7.99. The predicted molar refractivity (Wildman–Crippen MR) is 56.0 cm³/mol. The zero-order valence-corrected chi connectivity index (χ0v) is 8.75. The minimum Gasteiger partial charge on any atom is -0.159 e. The Morgan fingerprint density at radius 3 is 2.45 bits per heavy atom. The summed E-state index contributed by atoms with van der Waals surface area (Å²) in [6.07, 6.45) is 6.63. The fourth-order valence-electron chi connectivity index (χ4n) is 1.01. The van der Waals surface area contributed by atoms with E-state index in [0.717, 1.165) is 0 Å². The molecule has 1 atom stereocenters. The van der Waals surface area contributed by atoms with Crippen molar-refractivity contribution in [2.75, 3.05) is 5.75 Å². The molecule has 0 N–H and O–H groups in total. The highest BCUT2D eigenvalue weighted by Crippen LogP contribution is 2.16. The lowest BCUT2D eigenvalue weighted by molar-refractivity contribution is 0.773. The van der Waals surface area contributed by atoms with Crippen LogP contribution >= 0.6 is 11.8 Å². The van der Waals surface area contributed by atoms with E-state index in [2.05, 4.69) is 20.8 Å². The Labute approximate surface area is 76.1 Å². The number of hydrogen-bond acceptors (Lipinski definition) is 1. The minimum atomic E-state index is 0.636. The maximum atomic E-state index is 4.09. The molecule has 1 unspecified atom stereocenters. The molecule has 0 aromatic heterocycles. The van der Waals surface area contributed by atoms with Crippen LogP contribution in [-0.4, -0.2) is 11.0 Å². The minimum absolute atomic E-state index is 0.636. The summed E-state index contributed by atoms with van der Waals surface area (Å²) in [6.45, 7) is 8.56. The molecular formula is C10H21S. The van der Waals surface area contributed by atoms with E-state index >= 15 is 0 Å². The van der Waals surface area contributed by atoms with Gasteiger partial charge in [0, 0.05) is 5.25 Å². The monoisotopic (exact) mass is 173 g/mol. The van der Waals surface area contributed by atoms with Crippen molar-refractivity contribution in [1.29, 1.82) is 0 Å². The molecule has 11 heavy (non-hydrogen) atoms. The summed E-state index contributed by atoms with van der Waals surface area (Å²) in [5, 5.41) is 0.636. The molecule has 0 aliphatic rings. The van der Waals surface area contributed by atoms with Crippen LogP contribution in [0, 0.1) is 6.92 Å². The first-order valence-electron chi connectivity index (χ1n) is 4.76. The van der Waals surface area contributed by atoms with Gasteiger partial charge in [0.2, 0.25) is 0 Å². The second kappa shape index (κ2) is 8.45. The number of thioether (sulfide) groups is 1. The molecule has 0 aromatic carbocycles. The maximum Gasteiger partial charge on any atom is 0.00473 e. The van der Waals surface area contributed by atoms with Gasteiger partial charge < -0.3 is 0 Å². The Kier molecular flexibility index (Phi) is 8.72. The molecule has 0 amide bonds. The van der Waals surface area contributed by atoms with Gasteiger partial charge in [-0.3, -0.25) is 0 Å². The van der Waals surface area contributed by atoms with Crippen molar-refractivity contribution in [3.63, 3.8) is 0 Å². The van der Waals surface area contributed by atoms with Gasteiger partial charge in [0.15, 0.2) is 0 Å². The summed E-state index contributed by atoms with van der Waals surface area (Å²) in [7, 11) is 0. The molecular weight excluding hydrogens is 152 g/mol. The summed E-state index contributed by atoms with van der Waals surface area (Å²) in [5.74, 6) is 1.31. The van der Waals surface area contributed by atoms with Gasteiger partial charge in [-0.05, 0) is 25.5 Å². The van der Waals surface area contributed by atoms with Gasteiger partial charge in [-0.2, -0.15) is 11.8 Å². The zero-order valence-electron chi connectivity index (χ0n) is 7.94. The van der Waals surface area contributed by atoms with Crippen molar-refractivity contribution < 1.29 is 0 Å². The number of hydrogen-bond donors (Lipinski definition) is 0. The Balaban J connectivity index is 2.97. The number of rotatable bonds is 7. The average molecular weight is 173 g/mol. The van der Waals surface area contributed by atoms with E-state index in [1.807, 2.05) is 11.8 Å². The topological polar surface area (TPSA) is 0 Å². The van der Waals surface area contributed by atoms with Gasteiger partial charge in [0.1, 0.15) is 0 Å².